The van der Waals surface area contributed by atoms with Crippen LogP contribution in [0.1, 0.15) is 20.3 Å². The molecule has 6 unspecified atom stereocenters. The number of ether oxygens (including phenoxy) is 2. The zero-order valence-corrected chi connectivity index (χ0v) is 13.1. The molecule has 0 aromatic rings. The fraction of sp³-hybridized carbons (Fsp3) is 0.769. The number of hydrogen-bond donors (Lipinski definition) is 6. The Morgan fingerprint density at radius 2 is 1.96 bits per heavy atom. The molecule has 0 radical (unpaired) electrons. The van der Waals surface area contributed by atoms with E-state index < -0.39 is 67.1 Å². The lowest BCUT2D eigenvalue weighted by molar-refractivity contribution is -0.296. The van der Waals surface area contributed by atoms with Crippen LogP contribution in [0.2, 0.25) is 0 Å². The van der Waals surface area contributed by atoms with Crippen LogP contribution >= 0.6 is 0 Å². The highest BCUT2D eigenvalue weighted by molar-refractivity contribution is 5.76. The molecule has 1 heterocycles. The highest BCUT2D eigenvalue weighted by atomic mass is 16.7. The maximum Gasteiger partial charge on any atom is 0.364 e. The van der Waals surface area contributed by atoms with E-state index in [2.05, 4.69) is 5.32 Å². The Balaban J connectivity index is 3.25. The number of nitrogens with one attached hydrogen (secondary N) is 1. The van der Waals surface area contributed by atoms with Gasteiger partial charge in [0.25, 0.3) is 5.79 Å². The molecule has 1 aliphatic rings. The molecule has 1 fully saturated rings. The largest absolute Gasteiger partial charge is 0.477 e. The Kier molecular flexibility index (Phi) is 6.63. The Morgan fingerprint density at radius 3 is 2.38 bits per heavy atom. The van der Waals surface area contributed by atoms with Crippen LogP contribution in [0.15, 0.2) is 0 Å². The average Bonchev–Trinajstić information content (AvgIpc) is 2.46. The second-order valence-corrected chi connectivity index (χ2v) is 5.49. The monoisotopic (exact) mass is 351 g/mol. The minimum atomic E-state index is -2.83. The molecule has 1 amide bonds. The molecule has 1 saturated heterocycles. The molecule has 11 nitrogen and oxygen atoms in total. The van der Waals surface area contributed by atoms with Gasteiger partial charge in [-0.25, -0.2) is 4.79 Å². The number of carboxylic acids is 1. The van der Waals surface area contributed by atoms with E-state index in [0.29, 0.717) is 0 Å². The normalized spacial score (nSPS) is 32.5. The number of aliphatic hydroxyl groups is 4. The van der Waals surface area contributed by atoms with E-state index in [1.165, 1.54) is 0 Å². The quantitative estimate of drug-likeness (QED) is 0.265. The van der Waals surface area contributed by atoms with Gasteiger partial charge in [-0.05, 0) is 0 Å². The summed E-state index contributed by atoms with van der Waals surface area (Å²) < 4.78 is 9.87. The molecule has 0 spiro atoms. The summed E-state index contributed by atoms with van der Waals surface area (Å²) in [6.07, 6.45) is -7.35. The van der Waals surface area contributed by atoms with E-state index in [9.17, 15) is 29.7 Å². The van der Waals surface area contributed by atoms with Crippen molar-refractivity contribution in [3.63, 3.8) is 0 Å². The molecule has 0 aromatic carbocycles. The van der Waals surface area contributed by atoms with Gasteiger partial charge >= 0.3 is 11.9 Å². The Labute approximate surface area is 136 Å². The predicted octanol–water partition coefficient (Wildman–Crippen LogP) is -3.30. The Morgan fingerprint density at radius 1 is 1.38 bits per heavy atom. The van der Waals surface area contributed by atoms with Gasteiger partial charge in [0.2, 0.25) is 5.91 Å². The van der Waals surface area contributed by atoms with Crippen molar-refractivity contribution < 1.29 is 49.4 Å². The Bertz CT molecular complexity index is 497. The summed E-state index contributed by atoms with van der Waals surface area (Å²) >= 11 is 0. The number of amides is 1. The number of rotatable bonds is 6. The maximum atomic E-state index is 11.3. The molecule has 0 bridgehead atoms. The van der Waals surface area contributed by atoms with Crippen LogP contribution in [-0.2, 0) is 23.9 Å². The van der Waals surface area contributed by atoms with Crippen LogP contribution in [0.5, 0.6) is 0 Å². The number of hydrogen-bond acceptors (Lipinski definition) is 9. The average molecular weight is 351 g/mol. The van der Waals surface area contributed by atoms with Crippen LogP contribution in [0.3, 0.4) is 0 Å². The number of carboxylic acid groups (broad SMARTS) is 1. The summed E-state index contributed by atoms with van der Waals surface area (Å²) in [5.74, 6) is -6.15. The van der Waals surface area contributed by atoms with Crippen LogP contribution in [0, 0.1) is 0 Å². The second-order valence-electron chi connectivity index (χ2n) is 5.49. The second kappa shape index (κ2) is 7.85. The van der Waals surface area contributed by atoms with Crippen LogP contribution in [-0.4, -0.2) is 86.2 Å². The molecule has 6 atom stereocenters. The van der Waals surface area contributed by atoms with Gasteiger partial charge < -0.3 is 40.3 Å². The van der Waals surface area contributed by atoms with Gasteiger partial charge in [-0.1, -0.05) is 0 Å². The van der Waals surface area contributed by atoms with E-state index in [1.807, 2.05) is 0 Å². The zero-order valence-electron chi connectivity index (χ0n) is 13.1. The summed E-state index contributed by atoms with van der Waals surface area (Å²) in [6, 6.07) is -1.30. The molecular weight excluding hydrogens is 330 g/mol. The summed E-state index contributed by atoms with van der Waals surface area (Å²) in [6.45, 7) is 1.23. The first-order chi connectivity index (χ1) is 11.0. The topological polar surface area (TPSA) is 183 Å². The van der Waals surface area contributed by atoms with Gasteiger partial charge in [-0.3, -0.25) is 9.59 Å². The molecule has 1 rings (SSSR count). The summed E-state index contributed by atoms with van der Waals surface area (Å²) in [7, 11) is 0. The van der Waals surface area contributed by atoms with E-state index in [-0.39, 0.29) is 0 Å². The molecule has 1 aliphatic heterocycles. The minimum Gasteiger partial charge on any atom is -0.477 e. The molecule has 6 N–H and O–H groups in total. The SMILES string of the molecule is CC(=O)NC1C(O)CC(O)(C(=O)O)OC1C(OC(C)=O)C(O)CO. The summed E-state index contributed by atoms with van der Waals surface area (Å²) in [4.78, 5) is 33.7. The minimum absolute atomic E-state index is 0.617. The van der Waals surface area contributed by atoms with Crippen molar-refractivity contribution in [2.24, 2.45) is 0 Å². The van der Waals surface area contributed by atoms with E-state index in [4.69, 9.17) is 19.7 Å². The first kappa shape index (κ1) is 20.3. The number of carbonyl (C=O) groups excluding carboxylic acids is 2. The molecule has 0 aliphatic carbocycles. The Hall–Kier alpha value is -1.79. The molecule has 138 valence electrons. The van der Waals surface area contributed by atoms with Gasteiger partial charge in [0.1, 0.15) is 12.2 Å². The number of carbonyl (C=O) groups is 3. The third-order valence-corrected chi connectivity index (χ3v) is 3.48. The zero-order chi connectivity index (χ0) is 18.7. The summed E-state index contributed by atoms with van der Waals surface area (Å²) in [5.41, 5.74) is 0. The first-order valence-electron chi connectivity index (χ1n) is 7.06. The number of aliphatic hydroxyl groups excluding tert-OH is 3. The molecule has 0 saturated carbocycles. The van der Waals surface area contributed by atoms with E-state index >= 15 is 0 Å². The van der Waals surface area contributed by atoms with Gasteiger partial charge in [0.05, 0.1) is 18.8 Å². The van der Waals surface area contributed by atoms with Crippen LogP contribution in [0.25, 0.3) is 0 Å². The lowest BCUT2D eigenvalue weighted by atomic mass is 9.88. The fourth-order valence-corrected chi connectivity index (χ4v) is 2.46. The van der Waals surface area contributed by atoms with Crippen molar-refractivity contribution in [2.45, 2.75) is 56.5 Å². The maximum absolute atomic E-state index is 11.3. The van der Waals surface area contributed by atoms with Crippen molar-refractivity contribution in [1.82, 2.24) is 5.32 Å². The van der Waals surface area contributed by atoms with Gasteiger partial charge in [-0.2, -0.15) is 0 Å². The molecule has 11 heteroatoms. The molecule has 0 aromatic heterocycles. The van der Waals surface area contributed by atoms with Crippen molar-refractivity contribution in [2.75, 3.05) is 6.61 Å². The molecule has 24 heavy (non-hydrogen) atoms. The molecular formula is C13H21NO10. The van der Waals surface area contributed by atoms with Crippen molar-refractivity contribution >= 4 is 17.8 Å². The highest BCUT2D eigenvalue weighted by Crippen LogP contribution is 2.31. The predicted molar refractivity (Wildman–Crippen MR) is 74.3 cm³/mol. The van der Waals surface area contributed by atoms with Gasteiger partial charge in [0.15, 0.2) is 6.10 Å². The van der Waals surface area contributed by atoms with E-state index in [0.717, 1.165) is 13.8 Å². The van der Waals surface area contributed by atoms with E-state index in [1.54, 1.807) is 0 Å². The van der Waals surface area contributed by atoms with Crippen LogP contribution < -0.4 is 5.32 Å². The lowest BCUT2D eigenvalue weighted by Gasteiger charge is -2.45. The first-order valence-corrected chi connectivity index (χ1v) is 7.06. The van der Waals surface area contributed by atoms with Crippen LogP contribution in [0.4, 0.5) is 0 Å². The lowest BCUT2D eigenvalue weighted by Crippen LogP contribution is -2.67. The van der Waals surface area contributed by atoms with Crippen molar-refractivity contribution in [3.05, 3.63) is 0 Å². The standard InChI is InChI=1S/C13H21NO10/c1-5(16)14-9-7(18)3-13(22,12(20)21)24-11(9)10(8(19)4-15)23-6(2)17/h7-11,15,18-19,22H,3-4H2,1-2H3,(H,14,16)(H,20,21). The third-order valence-electron chi connectivity index (χ3n) is 3.48. The number of esters is 1. The smallest absolute Gasteiger partial charge is 0.364 e. The van der Waals surface area contributed by atoms with Gasteiger partial charge in [-0.15, -0.1) is 0 Å². The van der Waals surface area contributed by atoms with Crippen molar-refractivity contribution in [3.8, 4) is 0 Å². The third kappa shape index (κ3) is 4.61. The summed E-state index contributed by atoms with van der Waals surface area (Å²) in [5, 5.41) is 50.4. The van der Waals surface area contributed by atoms with Crippen molar-refractivity contribution in [1.29, 1.82) is 0 Å². The fourth-order valence-electron chi connectivity index (χ4n) is 2.46. The number of aliphatic carboxylic acids is 1. The highest BCUT2D eigenvalue weighted by Gasteiger charge is 2.55. The van der Waals surface area contributed by atoms with Gasteiger partial charge in [0, 0.05) is 20.3 Å².